The lowest BCUT2D eigenvalue weighted by atomic mass is 9.87. The zero-order chi connectivity index (χ0) is 23.6. The Balaban J connectivity index is 1.87. The van der Waals surface area contributed by atoms with Crippen LogP contribution in [0.4, 0.5) is 11.4 Å². The van der Waals surface area contributed by atoms with E-state index < -0.39 is 0 Å². The largest absolute Gasteiger partial charge is 0.332 e. The van der Waals surface area contributed by atoms with Gasteiger partial charge in [-0.2, -0.15) is 0 Å². The molecule has 0 aliphatic carbocycles. The molecule has 2 amide bonds. The van der Waals surface area contributed by atoms with E-state index in [9.17, 15) is 9.59 Å². The number of anilines is 2. The van der Waals surface area contributed by atoms with Gasteiger partial charge < -0.3 is 16.0 Å². The van der Waals surface area contributed by atoms with Gasteiger partial charge >= 0.3 is 0 Å². The SMILES string of the molecule is CCCCCCCC(=O)NC(=S)Nc1cccc(NC(=O)c2ccc(C(C)(C)C)cc2)c1. The Morgan fingerprint density at radius 3 is 2.12 bits per heavy atom. The van der Waals surface area contributed by atoms with E-state index in [2.05, 4.69) is 43.6 Å². The highest BCUT2D eigenvalue weighted by Crippen LogP contribution is 2.23. The van der Waals surface area contributed by atoms with Crippen LogP contribution < -0.4 is 16.0 Å². The second kappa shape index (κ2) is 12.3. The predicted molar refractivity (Wildman–Crippen MR) is 137 cm³/mol. The molecular weight excluding hydrogens is 418 g/mol. The maximum atomic E-state index is 12.6. The van der Waals surface area contributed by atoms with Gasteiger partial charge in [0.05, 0.1) is 0 Å². The minimum Gasteiger partial charge on any atom is -0.332 e. The van der Waals surface area contributed by atoms with E-state index in [0.717, 1.165) is 19.3 Å². The maximum absolute atomic E-state index is 12.6. The Morgan fingerprint density at radius 1 is 0.875 bits per heavy atom. The van der Waals surface area contributed by atoms with Gasteiger partial charge in [0.1, 0.15) is 0 Å². The summed E-state index contributed by atoms with van der Waals surface area (Å²) in [4.78, 5) is 24.6. The molecule has 6 heteroatoms. The quantitative estimate of drug-likeness (QED) is 0.303. The molecule has 0 saturated carbocycles. The van der Waals surface area contributed by atoms with Crippen LogP contribution in [0.15, 0.2) is 48.5 Å². The molecule has 2 aromatic carbocycles. The standard InChI is InChI=1S/C26H35N3O2S/c1-5-6-7-8-9-13-23(30)29-25(32)28-22-12-10-11-21(18-22)27-24(31)19-14-16-20(17-15-19)26(2,3)4/h10-12,14-18H,5-9,13H2,1-4H3,(H,27,31)(H2,28,29,30,32). The molecule has 2 aromatic rings. The predicted octanol–water partition coefficient (Wildman–Crippen LogP) is 6.41. The molecule has 0 bridgehead atoms. The molecule has 0 unspecified atom stereocenters. The molecule has 0 aliphatic heterocycles. The van der Waals surface area contributed by atoms with Gasteiger partial charge in [0.2, 0.25) is 5.91 Å². The fourth-order valence-electron chi connectivity index (χ4n) is 3.24. The fourth-order valence-corrected chi connectivity index (χ4v) is 3.47. The number of unbranched alkanes of at least 4 members (excludes halogenated alkanes) is 4. The van der Waals surface area contributed by atoms with Crippen molar-refractivity contribution in [1.29, 1.82) is 0 Å². The Bertz CT molecular complexity index is 917. The fraction of sp³-hybridized carbons (Fsp3) is 0.423. The number of benzene rings is 2. The first-order chi connectivity index (χ1) is 15.2. The lowest BCUT2D eigenvalue weighted by Crippen LogP contribution is -2.33. The van der Waals surface area contributed by atoms with E-state index in [1.54, 1.807) is 6.07 Å². The van der Waals surface area contributed by atoms with E-state index in [0.29, 0.717) is 23.4 Å². The van der Waals surface area contributed by atoms with Crippen molar-refractivity contribution in [3.05, 3.63) is 59.7 Å². The molecule has 0 aliphatic rings. The number of amides is 2. The van der Waals surface area contributed by atoms with Crippen LogP contribution in [0, 0.1) is 0 Å². The Hall–Kier alpha value is -2.73. The van der Waals surface area contributed by atoms with Gasteiger partial charge in [-0.3, -0.25) is 9.59 Å². The van der Waals surface area contributed by atoms with E-state index in [1.165, 1.54) is 18.4 Å². The Labute approximate surface area is 197 Å². The van der Waals surface area contributed by atoms with Crippen molar-refractivity contribution in [3.8, 4) is 0 Å². The molecule has 3 N–H and O–H groups in total. The molecular formula is C26H35N3O2S. The lowest BCUT2D eigenvalue weighted by molar-refractivity contribution is -0.119. The normalized spacial score (nSPS) is 11.0. The highest BCUT2D eigenvalue weighted by Gasteiger charge is 2.14. The molecule has 0 fully saturated rings. The summed E-state index contributed by atoms with van der Waals surface area (Å²) in [5.41, 5.74) is 3.15. The van der Waals surface area contributed by atoms with E-state index in [4.69, 9.17) is 12.2 Å². The van der Waals surface area contributed by atoms with E-state index in [-0.39, 0.29) is 22.3 Å². The zero-order valence-corrected chi connectivity index (χ0v) is 20.4. The topological polar surface area (TPSA) is 70.2 Å². The minimum atomic E-state index is -0.179. The number of carbonyl (C=O) groups excluding carboxylic acids is 2. The molecule has 5 nitrogen and oxygen atoms in total. The minimum absolute atomic E-state index is 0.0396. The van der Waals surface area contributed by atoms with Crippen LogP contribution in [-0.4, -0.2) is 16.9 Å². The third-order valence-corrected chi connectivity index (χ3v) is 5.36. The monoisotopic (exact) mass is 453 g/mol. The molecule has 0 heterocycles. The van der Waals surface area contributed by atoms with Crippen molar-refractivity contribution in [1.82, 2.24) is 5.32 Å². The highest BCUT2D eigenvalue weighted by atomic mass is 32.1. The summed E-state index contributed by atoms with van der Waals surface area (Å²) in [7, 11) is 0. The molecule has 2 rings (SSSR count). The van der Waals surface area contributed by atoms with Crippen molar-refractivity contribution in [2.75, 3.05) is 10.6 Å². The lowest BCUT2D eigenvalue weighted by Gasteiger charge is -2.19. The first kappa shape index (κ1) is 25.5. The molecule has 0 atom stereocenters. The van der Waals surface area contributed by atoms with Gasteiger partial charge in [-0.1, -0.05) is 71.6 Å². The summed E-state index contributed by atoms with van der Waals surface area (Å²) in [5.74, 6) is -0.260. The Morgan fingerprint density at radius 2 is 1.50 bits per heavy atom. The maximum Gasteiger partial charge on any atom is 0.255 e. The first-order valence-corrected chi connectivity index (χ1v) is 11.7. The van der Waals surface area contributed by atoms with Crippen molar-refractivity contribution in [2.45, 2.75) is 71.6 Å². The summed E-state index contributed by atoms with van der Waals surface area (Å²) in [6.07, 6.45) is 5.94. The van der Waals surface area contributed by atoms with E-state index in [1.807, 2.05) is 42.5 Å². The van der Waals surface area contributed by atoms with Crippen LogP contribution in [0.2, 0.25) is 0 Å². The van der Waals surface area contributed by atoms with Gasteiger partial charge in [0.25, 0.3) is 5.91 Å². The summed E-state index contributed by atoms with van der Waals surface area (Å²) < 4.78 is 0. The van der Waals surface area contributed by atoms with Crippen molar-refractivity contribution < 1.29 is 9.59 Å². The third kappa shape index (κ3) is 8.79. The summed E-state index contributed by atoms with van der Waals surface area (Å²) >= 11 is 5.25. The molecule has 172 valence electrons. The number of hydrogen-bond acceptors (Lipinski definition) is 3. The number of nitrogens with one attached hydrogen (secondary N) is 3. The van der Waals surface area contributed by atoms with Crippen molar-refractivity contribution in [3.63, 3.8) is 0 Å². The van der Waals surface area contributed by atoms with Gasteiger partial charge in [0, 0.05) is 23.4 Å². The average Bonchev–Trinajstić information content (AvgIpc) is 2.73. The van der Waals surface area contributed by atoms with Gasteiger partial charge in [-0.05, 0) is 59.9 Å². The molecule has 0 saturated heterocycles. The summed E-state index contributed by atoms with van der Waals surface area (Å²) in [5, 5.41) is 8.89. The van der Waals surface area contributed by atoms with E-state index >= 15 is 0 Å². The molecule has 0 aromatic heterocycles. The van der Waals surface area contributed by atoms with Gasteiger partial charge in [0.15, 0.2) is 5.11 Å². The second-order valence-electron chi connectivity index (χ2n) is 9.03. The Kier molecular flexibility index (Phi) is 9.85. The zero-order valence-electron chi connectivity index (χ0n) is 19.6. The number of thiocarbonyl (C=S) groups is 1. The number of hydrogen-bond donors (Lipinski definition) is 3. The molecule has 32 heavy (non-hydrogen) atoms. The molecule has 0 spiro atoms. The highest BCUT2D eigenvalue weighted by molar-refractivity contribution is 7.80. The average molecular weight is 454 g/mol. The van der Waals surface area contributed by atoms with Crippen LogP contribution in [0.5, 0.6) is 0 Å². The van der Waals surface area contributed by atoms with Crippen molar-refractivity contribution in [2.24, 2.45) is 0 Å². The summed E-state index contributed by atoms with van der Waals surface area (Å²) in [6.45, 7) is 8.59. The number of rotatable bonds is 9. The summed E-state index contributed by atoms with van der Waals surface area (Å²) in [6, 6.07) is 14.9. The molecule has 0 radical (unpaired) electrons. The van der Waals surface area contributed by atoms with Crippen LogP contribution in [0.1, 0.15) is 82.1 Å². The van der Waals surface area contributed by atoms with Crippen molar-refractivity contribution >= 4 is 40.5 Å². The number of carbonyl (C=O) groups is 2. The second-order valence-corrected chi connectivity index (χ2v) is 9.44. The third-order valence-electron chi connectivity index (χ3n) is 5.15. The van der Waals surface area contributed by atoms with Crippen LogP contribution >= 0.6 is 12.2 Å². The van der Waals surface area contributed by atoms with Gasteiger partial charge in [-0.15, -0.1) is 0 Å². The smallest absolute Gasteiger partial charge is 0.255 e. The van der Waals surface area contributed by atoms with Crippen LogP contribution in [0.3, 0.4) is 0 Å². The first-order valence-electron chi connectivity index (χ1n) is 11.3. The van der Waals surface area contributed by atoms with Crippen LogP contribution in [-0.2, 0) is 10.2 Å². The van der Waals surface area contributed by atoms with Gasteiger partial charge in [-0.25, -0.2) is 0 Å². The van der Waals surface area contributed by atoms with Crippen LogP contribution in [0.25, 0.3) is 0 Å².